The van der Waals surface area contributed by atoms with E-state index in [0.29, 0.717) is 47.5 Å². The highest BCUT2D eigenvalue weighted by Crippen LogP contribution is 2.43. The molecule has 0 spiro atoms. The fraction of sp³-hybridized carbons (Fsp3) is 0.417. The van der Waals surface area contributed by atoms with Gasteiger partial charge in [-0.2, -0.15) is 0 Å². The SMILES string of the molecule is CCCNC(=O)[C@@H]1CN(C(=O)c2cccc(Cl)c2)C[C@@H]1c1cc(OC)c(OC)c(OC)c1. The number of rotatable bonds is 8. The van der Waals surface area contributed by atoms with Crippen molar-refractivity contribution < 1.29 is 23.8 Å². The van der Waals surface area contributed by atoms with Crippen molar-refractivity contribution in [1.82, 2.24) is 10.2 Å². The van der Waals surface area contributed by atoms with Gasteiger partial charge in [0.1, 0.15) is 0 Å². The Hall–Kier alpha value is -2.93. The van der Waals surface area contributed by atoms with E-state index in [0.717, 1.165) is 12.0 Å². The van der Waals surface area contributed by atoms with Gasteiger partial charge in [-0.25, -0.2) is 0 Å². The number of benzene rings is 2. The molecule has 172 valence electrons. The second-order valence-corrected chi connectivity index (χ2v) is 8.12. The molecule has 2 amide bonds. The first-order valence-corrected chi connectivity index (χ1v) is 10.9. The lowest BCUT2D eigenvalue weighted by atomic mass is 9.88. The molecule has 0 aliphatic carbocycles. The van der Waals surface area contributed by atoms with Gasteiger partial charge in [0.15, 0.2) is 11.5 Å². The van der Waals surface area contributed by atoms with Gasteiger partial charge < -0.3 is 24.4 Å². The molecule has 1 saturated heterocycles. The van der Waals surface area contributed by atoms with Crippen LogP contribution >= 0.6 is 11.6 Å². The largest absolute Gasteiger partial charge is 0.493 e. The van der Waals surface area contributed by atoms with Crippen LogP contribution in [0.2, 0.25) is 5.02 Å². The molecule has 2 aromatic carbocycles. The van der Waals surface area contributed by atoms with Crippen LogP contribution < -0.4 is 19.5 Å². The summed E-state index contributed by atoms with van der Waals surface area (Å²) in [5, 5.41) is 3.47. The van der Waals surface area contributed by atoms with Crippen LogP contribution in [0.15, 0.2) is 36.4 Å². The zero-order chi connectivity index (χ0) is 23.3. The molecule has 1 heterocycles. The minimum atomic E-state index is -0.410. The molecule has 1 N–H and O–H groups in total. The number of nitrogens with one attached hydrogen (secondary N) is 1. The lowest BCUT2D eigenvalue weighted by molar-refractivity contribution is -0.124. The minimum absolute atomic E-state index is 0.0769. The molecule has 0 aromatic heterocycles. The third-order valence-electron chi connectivity index (χ3n) is 5.68. The molecule has 32 heavy (non-hydrogen) atoms. The number of hydrogen-bond acceptors (Lipinski definition) is 5. The Morgan fingerprint density at radius 1 is 1.06 bits per heavy atom. The number of methoxy groups -OCH3 is 3. The highest BCUT2D eigenvalue weighted by molar-refractivity contribution is 6.30. The summed E-state index contributed by atoms with van der Waals surface area (Å²) < 4.78 is 16.4. The molecule has 3 rings (SSSR count). The number of likely N-dealkylation sites (tertiary alicyclic amines) is 1. The first-order chi connectivity index (χ1) is 15.4. The summed E-state index contributed by atoms with van der Waals surface area (Å²) in [6, 6.07) is 10.5. The van der Waals surface area contributed by atoms with Crippen molar-refractivity contribution in [2.45, 2.75) is 19.3 Å². The molecule has 0 saturated carbocycles. The standard InChI is InChI=1S/C24H29ClN2O5/c1-5-9-26-23(28)19-14-27(24(29)15-7-6-8-17(25)10-15)13-18(19)16-11-20(30-2)22(32-4)21(12-16)31-3/h6-8,10-12,18-19H,5,9,13-14H2,1-4H3,(H,26,28)/t18-,19-/m1/s1. The van der Waals surface area contributed by atoms with Gasteiger partial charge in [0.25, 0.3) is 5.91 Å². The number of ether oxygens (including phenoxy) is 3. The number of carbonyl (C=O) groups excluding carboxylic acids is 2. The van der Waals surface area contributed by atoms with Crippen molar-refractivity contribution >= 4 is 23.4 Å². The lowest BCUT2D eigenvalue weighted by Gasteiger charge is -2.21. The zero-order valence-electron chi connectivity index (χ0n) is 18.8. The highest BCUT2D eigenvalue weighted by Gasteiger charge is 2.41. The van der Waals surface area contributed by atoms with Gasteiger partial charge in [-0.05, 0) is 42.3 Å². The van der Waals surface area contributed by atoms with Gasteiger partial charge in [-0.3, -0.25) is 9.59 Å². The van der Waals surface area contributed by atoms with E-state index < -0.39 is 5.92 Å². The Kier molecular flexibility index (Phi) is 7.85. The first kappa shape index (κ1) is 23.7. The van der Waals surface area contributed by atoms with E-state index in [9.17, 15) is 9.59 Å². The maximum absolute atomic E-state index is 13.2. The van der Waals surface area contributed by atoms with E-state index in [4.69, 9.17) is 25.8 Å². The van der Waals surface area contributed by atoms with Crippen LogP contribution in [0.1, 0.15) is 35.2 Å². The average molecular weight is 461 g/mol. The van der Waals surface area contributed by atoms with Gasteiger partial charge in [-0.15, -0.1) is 0 Å². The normalized spacial score (nSPS) is 17.7. The molecule has 0 radical (unpaired) electrons. The van der Waals surface area contributed by atoms with Crippen molar-refractivity contribution in [2.24, 2.45) is 5.92 Å². The molecule has 1 aliphatic heterocycles. The fourth-order valence-corrected chi connectivity index (χ4v) is 4.26. The molecule has 1 fully saturated rings. The average Bonchev–Trinajstić information content (AvgIpc) is 3.26. The van der Waals surface area contributed by atoms with Crippen molar-refractivity contribution in [3.8, 4) is 17.2 Å². The maximum atomic E-state index is 13.2. The monoisotopic (exact) mass is 460 g/mol. The molecule has 2 aromatic rings. The van der Waals surface area contributed by atoms with E-state index >= 15 is 0 Å². The summed E-state index contributed by atoms with van der Waals surface area (Å²) in [7, 11) is 4.65. The van der Waals surface area contributed by atoms with E-state index in [1.54, 1.807) is 50.5 Å². The predicted octanol–water partition coefficient (Wildman–Crippen LogP) is 3.75. The van der Waals surface area contributed by atoms with E-state index in [1.165, 1.54) is 0 Å². The van der Waals surface area contributed by atoms with Crippen molar-refractivity contribution in [3.05, 3.63) is 52.5 Å². The van der Waals surface area contributed by atoms with Crippen LogP contribution in [0.3, 0.4) is 0 Å². The summed E-state index contributed by atoms with van der Waals surface area (Å²) in [4.78, 5) is 27.9. The molecular weight excluding hydrogens is 432 g/mol. The molecule has 2 atom stereocenters. The molecule has 0 unspecified atom stereocenters. The van der Waals surface area contributed by atoms with E-state index in [2.05, 4.69) is 5.32 Å². The Bertz CT molecular complexity index is 956. The van der Waals surface area contributed by atoms with Crippen LogP contribution in [0.25, 0.3) is 0 Å². The smallest absolute Gasteiger partial charge is 0.253 e. The van der Waals surface area contributed by atoms with Gasteiger partial charge >= 0.3 is 0 Å². The Labute approximate surface area is 193 Å². The lowest BCUT2D eigenvalue weighted by Crippen LogP contribution is -2.36. The van der Waals surface area contributed by atoms with Crippen LogP contribution in [-0.2, 0) is 4.79 Å². The van der Waals surface area contributed by atoms with E-state index in [1.807, 2.05) is 19.1 Å². The number of hydrogen-bond donors (Lipinski definition) is 1. The zero-order valence-corrected chi connectivity index (χ0v) is 19.6. The second kappa shape index (κ2) is 10.6. The Morgan fingerprint density at radius 2 is 1.75 bits per heavy atom. The molecule has 1 aliphatic rings. The third-order valence-corrected chi connectivity index (χ3v) is 5.91. The summed E-state index contributed by atoms with van der Waals surface area (Å²) in [5.41, 5.74) is 1.34. The van der Waals surface area contributed by atoms with Crippen molar-refractivity contribution in [1.29, 1.82) is 0 Å². The van der Waals surface area contributed by atoms with Crippen LogP contribution in [0.5, 0.6) is 17.2 Å². The van der Waals surface area contributed by atoms with E-state index in [-0.39, 0.29) is 17.7 Å². The Morgan fingerprint density at radius 3 is 2.31 bits per heavy atom. The molecule has 0 bridgehead atoms. The molecular formula is C24H29ClN2O5. The summed E-state index contributed by atoms with van der Waals surface area (Å²) in [5.74, 6) is 0.623. The van der Waals surface area contributed by atoms with Gasteiger partial charge in [0.2, 0.25) is 11.7 Å². The summed E-state index contributed by atoms with van der Waals surface area (Å²) in [6.07, 6.45) is 0.832. The minimum Gasteiger partial charge on any atom is -0.493 e. The van der Waals surface area contributed by atoms with Gasteiger partial charge in [0, 0.05) is 36.1 Å². The highest BCUT2D eigenvalue weighted by atomic mass is 35.5. The van der Waals surface area contributed by atoms with Crippen LogP contribution in [0, 0.1) is 5.92 Å². The topological polar surface area (TPSA) is 77.1 Å². The number of halogens is 1. The maximum Gasteiger partial charge on any atom is 0.253 e. The number of carbonyl (C=O) groups is 2. The van der Waals surface area contributed by atoms with Gasteiger partial charge in [-0.1, -0.05) is 24.6 Å². The predicted molar refractivity (Wildman–Crippen MR) is 123 cm³/mol. The van der Waals surface area contributed by atoms with Crippen molar-refractivity contribution in [2.75, 3.05) is 41.0 Å². The molecule has 8 heteroatoms. The Balaban J connectivity index is 1.97. The van der Waals surface area contributed by atoms with Crippen LogP contribution in [-0.4, -0.2) is 57.7 Å². The van der Waals surface area contributed by atoms with Crippen LogP contribution in [0.4, 0.5) is 0 Å². The summed E-state index contributed by atoms with van der Waals surface area (Å²) in [6.45, 7) is 3.27. The fourth-order valence-electron chi connectivity index (χ4n) is 4.07. The quantitative estimate of drug-likeness (QED) is 0.649. The second-order valence-electron chi connectivity index (χ2n) is 7.68. The van der Waals surface area contributed by atoms with Crippen molar-refractivity contribution in [3.63, 3.8) is 0 Å². The number of amides is 2. The van der Waals surface area contributed by atoms with Gasteiger partial charge in [0.05, 0.1) is 27.2 Å². The third kappa shape index (κ3) is 4.93. The number of nitrogens with zero attached hydrogens (tertiary/aromatic N) is 1. The first-order valence-electron chi connectivity index (χ1n) is 10.6. The summed E-state index contributed by atoms with van der Waals surface area (Å²) >= 11 is 6.08. The molecule has 7 nitrogen and oxygen atoms in total.